The van der Waals surface area contributed by atoms with Crippen LogP contribution in [0.4, 0.5) is 0 Å². The van der Waals surface area contributed by atoms with Crippen LogP contribution in [-0.4, -0.2) is 35.1 Å². The Morgan fingerprint density at radius 3 is 1.69 bits per heavy atom. The maximum atomic E-state index is 9.31. The summed E-state index contributed by atoms with van der Waals surface area (Å²) in [6.07, 6.45) is 4.56. The molecule has 0 saturated heterocycles. The average Bonchev–Trinajstić information content (AvgIpc) is 3.02. The minimum atomic E-state index is -0.617. The van der Waals surface area contributed by atoms with Crippen LogP contribution in [0.15, 0.2) is 0 Å². The van der Waals surface area contributed by atoms with Crippen LogP contribution >= 0.6 is 0 Å². The first kappa shape index (κ1) is 9.44. The van der Waals surface area contributed by atoms with Crippen molar-refractivity contribution in [1.29, 1.82) is 0 Å². The molecule has 2 fully saturated rings. The second kappa shape index (κ2) is 2.94. The van der Waals surface area contributed by atoms with E-state index in [4.69, 9.17) is 0 Å². The normalized spacial score (nSPS) is 26.1. The standard InChI is InChI=1S/C10H18O3/c11-5-9(6-12,7-13)10(3-4-10)8-1-2-8/h8,11-13H,1-7H2. The molecule has 3 heteroatoms. The lowest BCUT2D eigenvalue weighted by Gasteiger charge is -2.37. The summed E-state index contributed by atoms with van der Waals surface area (Å²) in [5.74, 6) is 0.652. The molecule has 0 amide bonds. The van der Waals surface area contributed by atoms with E-state index in [0.29, 0.717) is 5.92 Å². The van der Waals surface area contributed by atoms with E-state index in [2.05, 4.69) is 0 Å². The summed E-state index contributed by atoms with van der Waals surface area (Å²) in [4.78, 5) is 0. The molecule has 0 aliphatic heterocycles. The second-order valence-electron chi connectivity index (χ2n) is 4.69. The number of hydrogen-bond donors (Lipinski definition) is 3. The predicted octanol–water partition coefficient (Wildman–Crippen LogP) is 0.140. The van der Waals surface area contributed by atoms with Crippen molar-refractivity contribution in [2.45, 2.75) is 25.7 Å². The molecule has 3 N–H and O–H groups in total. The van der Waals surface area contributed by atoms with E-state index in [1.807, 2.05) is 0 Å². The maximum absolute atomic E-state index is 9.31. The van der Waals surface area contributed by atoms with Crippen molar-refractivity contribution in [3.05, 3.63) is 0 Å². The lowest BCUT2D eigenvalue weighted by atomic mass is 9.71. The largest absolute Gasteiger partial charge is 0.396 e. The molecule has 13 heavy (non-hydrogen) atoms. The molecule has 0 radical (unpaired) electrons. The highest BCUT2D eigenvalue weighted by Gasteiger charge is 2.64. The summed E-state index contributed by atoms with van der Waals surface area (Å²) in [6, 6.07) is 0. The van der Waals surface area contributed by atoms with Crippen molar-refractivity contribution in [2.24, 2.45) is 16.7 Å². The zero-order chi connectivity index (χ0) is 9.53. The summed E-state index contributed by atoms with van der Waals surface area (Å²) in [7, 11) is 0. The van der Waals surface area contributed by atoms with Gasteiger partial charge in [0.2, 0.25) is 0 Å². The van der Waals surface area contributed by atoms with Gasteiger partial charge in [0.25, 0.3) is 0 Å². The molecule has 0 aromatic carbocycles. The molecule has 2 aliphatic carbocycles. The fraction of sp³-hybridized carbons (Fsp3) is 1.00. The topological polar surface area (TPSA) is 60.7 Å². The Kier molecular flexibility index (Phi) is 2.13. The Morgan fingerprint density at radius 1 is 1.00 bits per heavy atom. The molecule has 0 bridgehead atoms. The Morgan fingerprint density at radius 2 is 1.46 bits per heavy atom. The van der Waals surface area contributed by atoms with Crippen molar-refractivity contribution in [2.75, 3.05) is 19.8 Å². The zero-order valence-corrected chi connectivity index (χ0v) is 7.87. The Labute approximate surface area is 78.4 Å². The third kappa shape index (κ3) is 1.14. The lowest BCUT2D eigenvalue weighted by Crippen LogP contribution is -2.44. The first-order valence-electron chi connectivity index (χ1n) is 5.07. The van der Waals surface area contributed by atoms with Gasteiger partial charge in [0.15, 0.2) is 0 Å². The zero-order valence-electron chi connectivity index (χ0n) is 7.87. The molecule has 2 saturated carbocycles. The average molecular weight is 186 g/mol. The number of aliphatic hydroxyl groups is 3. The highest BCUT2D eigenvalue weighted by atomic mass is 16.3. The summed E-state index contributed by atoms with van der Waals surface area (Å²) >= 11 is 0. The minimum absolute atomic E-state index is 0.0747. The molecule has 2 rings (SSSR count). The van der Waals surface area contributed by atoms with Gasteiger partial charge in [-0.05, 0) is 37.0 Å². The van der Waals surface area contributed by atoms with E-state index in [0.717, 1.165) is 12.8 Å². The van der Waals surface area contributed by atoms with Crippen molar-refractivity contribution >= 4 is 0 Å². The highest BCUT2D eigenvalue weighted by molar-refractivity contribution is 5.13. The molecule has 0 spiro atoms. The van der Waals surface area contributed by atoms with Crippen LogP contribution in [0.5, 0.6) is 0 Å². The van der Waals surface area contributed by atoms with Crippen molar-refractivity contribution in [1.82, 2.24) is 0 Å². The quantitative estimate of drug-likeness (QED) is 0.572. The van der Waals surface area contributed by atoms with E-state index < -0.39 is 5.41 Å². The van der Waals surface area contributed by atoms with Crippen LogP contribution in [-0.2, 0) is 0 Å². The number of rotatable bonds is 5. The van der Waals surface area contributed by atoms with Crippen LogP contribution in [0, 0.1) is 16.7 Å². The molecular formula is C10H18O3. The Hall–Kier alpha value is -0.120. The van der Waals surface area contributed by atoms with Crippen molar-refractivity contribution in [3.8, 4) is 0 Å². The van der Waals surface area contributed by atoms with Crippen LogP contribution < -0.4 is 0 Å². The summed E-state index contributed by atoms with van der Waals surface area (Å²) in [6.45, 7) is -0.260. The first-order valence-corrected chi connectivity index (χ1v) is 5.07. The van der Waals surface area contributed by atoms with Gasteiger partial charge in [0.05, 0.1) is 19.8 Å². The van der Waals surface area contributed by atoms with Crippen molar-refractivity contribution < 1.29 is 15.3 Å². The van der Waals surface area contributed by atoms with Gasteiger partial charge in [-0.3, -0.25) is 0 Å². The van der Waals surface area contributed by atoms with E-state index in [9.17, 15) is 15.3 Å². The summed E-state index contributed by atoms with van der Waals surface area (Å²) < 4.78 is 0. The molecule has 3 nitrogen and oxygen atoms in total. The third-order valence-electron chi connectivity index (χ3n) is 4.11. The van der Waals surface area contributed by atoms with Crippen molar-refractivity contribution in [3.63, 3.8) is 0 Å². The fourth-order valence-electron chi connectivity index (χ4n) is 2.76. The molecule has 0 heterocycles. The molecule has 0 aromatic heterocycles. The predicted molar refractivity (Wildman–Crippen MR) is 48.1 cm³/mol. The van der Waals surface area contributed by atoms with E-state index in [1.54, 1.807) is 0 Å². The van der Waals surface area contributed by atoms with E-state index in [-0.39, 0.29) is 25.2 Å². The van der Waals surface area contributed by atoms with Gasteiger partial charge in [-0.2, -0.15) is 0 Å². The van der Waals surface area contributed by atoms with Gasteiger partial charge < -0.3 is 15.3 Å². The number of hydrogen-bond acceptors (Lipinski definition) is 3. The maximum Gasteiger partial charge on any atom is 0.0537 e. The van der Waals surface area contributed by atoms with Gasteiger partial charge in [-0.15, -0.1) is 0 Å². The van der Waals surface area contributed by atoms with Gasteiger partial charge >= 0.3 is 0 Å². The van der Waals surface area contributed by atoms with Crippen LogP contribution in [0.25, 0.3) is 0 Å². The fourth-order valence-corrected chi connectivity index (χ4v) is 2.76. The van der Waals surface area contributed by atoms with Gasteiger partial charge in [-0.1, -0.05) is 0 Å². The smallest absolute Gasteiger partial charge is 0.0537 e. The monoisotopic (exact) mass is 186 g/mol. The van der Waals surface area contributed by atoms with Crippen LogP contribution in [0.3, 0.4) is 0 Å². The molecule has 76 valence electrons. The van der Waals surface area contributed by atoms with Gasteiger partial charge in [0.1, 0.15) is 0 Å². The minimum Gasteiger partial charge on any atom is -0.396 e. The molecule has 2 aliphatic rings. The van der Waals surface area contributed by atoms with Gasteiger partial charge in [0, 0.05) is 5.41 Å². The Bertz CT molecular complexity index is 182. The Balaban J connectivity index is 2.18. The van der Waals surface area contributed by atoms with Crippen LogP contribution in [0.2, 0.25) is 0 Å². The lowest BCUT2D eigenvalue weighted by molar-refractivity contribution is -0.0583. The molecule has 0 unspecified atom stereocenters. The van der Waals surface area contributed by atoms with E-state index >= 15 is 0 Å². The molecule has 0 atom stereocenters. The molecule has 0 aromatic rings. The highest BCUT2D eigenvalue weighted by Crippen LogP contribution is 2.69. The third-order valence-corrected chi connectivity index (χ3v) is 4.11. The molecular weight excluding hydrogens is 168 g/mol. The van der Waals surface area contributed by atoms with Crippen LogP contribution in [0.1, 0.15) is 25.7 Å². The second-order valence-corrected chi connectivity index (χ2v) is 4.69. The summed E-state index contributed by atoms with van der Waals surface area (Å²) in [5, 5.41) is 27.9. The van der Waals surface area contributed by atoms with Gasteiger partial charge in [-0.25, -0.2) is 0 Å². The first-order chi connectivity index (χ1) is 6.24. The number of aliphatic hydroxyl groups excluding tert-OH is 3. The SMILES string of the molecule is OCC(CO)(CO)C1(C2CC2)CC1. The summed E-state index contributed by atoms with van der Waals surface area (Å²) in [5.41, 5.74) is -0.542. The van der Waals surface area contributed by atoms with E-state index in [1.165, 1.54) is 12.8 Å².